The first-order valence-electron chi connectivity index (χ1n) is 12.4. The second kappa shape index (κ2) is 13.1. The SMILES string of the molecule is C#CN(C(=O)C(CCSC)NC(=O)OC(C)(C)C)C(C(=O)Nc1ccc2ccccc2c1)c1ccc(O)cc1. The Morgan fingerprint density at radius 3 is 2.33 bits per heavy atom. The van der Waals surface area contributed by atoms with Crippen molar-refractivity contribution in [2.24, 2.45) is 0 Å². The van der Waals surface area contributed by atoms with Crippen molar-refractivity contribution in [1.29, 1.82) is 0 Å². The summed E-state index contributed by atoms with van der Waals surface area (Å²) >= 11 is 1.50. The zero-order valence-electron chi connectivity index (χ0n) is 22.4. The van der Waals surface area contributed by atoms with Crippen LogP contribution in [0.3, 0.4) is 0 Å². The van der Waals surface area contributed by atoms with Crippen molar-refractivity contribution in [1.82, 2.24) is 10.2 Å². The first kappa shape index (κ1) is 29.4. The standard InChI is InChI=1S/C30H33N3O5S/c1-6-33(28(36)25(17-18-39-5)32-29(37)38-30(2,3)4)26(21-12-15-24(34)16-13-21)27(35)31-23-14-11-20-9-7-8-10-22(20)19-23/h1,7-16,19,25-26,34H,17-18H2,2-5H3,(H,31,35)(H,32,37). The van der Waals surface area contributed by atoms with Crippen LogP contribution >= 0.6 is 11.8 Å². The monoisotopic (exact) mass is 547 g/mol. The molecule has 204 valence electrons. The van der Waals surface area contributed by atoms with E-state index in [2.05, 4.69) is 16.7 Å². The van der Waals surface area contributed by atoms with Crippen LogP contribution in [0.25, 0.3) is 10.8 Å². The van der Waals surface area contributed by atoms with E-state index in [0.29, 0.717) is 17.0 Å². The number of nitrogens with zero attached hydrogens (tertiary/aromatic N) is 1. The van der Waals surface area contributed by atoms with Gasteiger partial charge in [0, 0.05) is 11.7 Å². The highest BCUT2D eigenvalue weighted by Crippen LogP contribution is 2.27. The van der Waals surface area contributed by atoms with Crippen LogP contribution in [-0.2, 0) is 14.3 Å². The molecule has 0 spiro atoms. The summed E-state index contributed by atoms with van der Waals surface area (Å²) in [5, 5.41) is 17.2. The van der Waals surface area contributed by atoms with Gasteiger partial charge in [0.2, 0.25) is 0 Å². The number of phenols is 1. The summed E-state index contributed by atoms with van der Waals surface area (Å²) in [6.07, 6.45) is 7.21. The van der Waals surface area contributed by atoms with E-state index in [4.69, 9.17) is 11.2 Å². The lowest BCUT2D eigenvalue weighted by atomic mass is 10.0. The van der Waals surface area contributed by atoms with E-state index < -0.39 is 35.6 Å². The zero-order valence-corrected chi connectivity index (χ0v) is 23.2. The Bertz CT molecular complexity index is 1360. The number of phenolic OH excluding ortho intramolecular Hbond substituents is 1. The average Bonchev–Trinajstić information content (AvgIpc) is 2.88. The van der Waals surface area contributed by atoms with Gasteiger partial charge in [0.05, 0.1) is 0 Å². The molecule has 9 heteroatoms. The minimum Gasteiger partial charge on any atom is -0.508 e. The Balaban J connectivity index is 1.95. The number of carbonyl (C=O) groups is 3. The fourth-order valence-electron chi connectivity index (χ4n) is 3.93. The number of ether oxygens (including phenoxy) is 1. The Hall–Kier alpha value is -4.16. The van der Waals surface area contributed by atoms with Crippen molar-refractivity contribution in [3.8, 4) is 18.2 Å². The first-order chi connectivity index (χ1) is 18.5. The van der Waals surface area contributed by atoms with Crippen LogP contribution in [0.5, 0.6) is 5.75 Å². The molecule has 0 aliphatic carbocycles. The van der Waals surface area contributed by atoms with E-state index in [1.54, 1.807) is 26.8 Å². The summed E-state index contributed by atoms with van der Waals surface area (Å²) in [6, 6.07) is 19.1. The predicted molar refractivity (Wildman–Crippen MR) is 155 cm³/mol. The molecule has 0 radical (unpaired) electrons. The van der Waals surface area contributed by atoms with Crippen LogP contribution < -0.4 is 10.6 Å². The highest BCUT2D eigenvalue weighted by molar-refractivity contribution is 7.98. The van der Waals surface area contributed by atoms with Crippen molar-refractivity contribution >= 4 is 46.1 Å². The molecule has 3 aromatic rings. The summed E-state index contributed by atoms with van der Waals surface area (Å²) in [6.45, 7) is 5.16. The average molecular weight is 548 g/mol. The molecule has 0 saturated heterocycles. The summed E-state index contributed by atoms with van der Waals surface area (Å²) in [5.41, 5.74) is 0.146. The largest absolute Gasteiger partial charge is 0.508 e. The van der Waals surface area contributed by atoms with Gasteiger partial charge in [0.15, 0.2) is 0 Å². The Kier molecular flexibility index (Phi) is 9.85. The van der Waals surface area contributed by atoms with Crippen molar-refractivity contribution in [3.63, 3.8) is 0 Å². The van der Waals surface area contributed by atoms with Crippen molar-refractivity contribution in [3.05, 3.63) is 72.3 Å². The molecule has 2 unspecified atom stereocenters. The number of amides is 3. The Morgan fingerprint density at radius 2 is 1.72 bits per heavy atom. The molecule has 0 aromatic heterocycles. The second-order valence-electron chi connectivity index (χ2n) is 9.86. The number of benzene rings is 3. The van der Waals surface area contributed by atoms with Gasteiger partial charge < -0.3 is 20.5 Å². The number of carbonyl (C=O) groups excluding carboxylic acids is 3. The zero-order chi connectivity index (χ0) is 28.6. The van der Waals surface area contributed by atoms with Gasteiger partial charge in [-0.3, -0.25) is 14.5 Å². The summed E-state index contributed by atoms with van der Waals surface area (Å²) in [7, 11) is 0. The van der Waals surface area contributed by atoms with Crippen LogP contribution in [-0.4, -0.2) is 51.6 Å². The van der Waals surface area contributed by atoms with Crippen molar-refractivity contribution in [2.45, 2.75) is 44.9 Å². The molecule has 2 atom stereocenters. The third-order valence-corrected chi connectivity index (χ3v) is 6.35. The Morgan fingerprint density at radius 1 is 1.05 bits per heavy atom. The number of terminal acetylenes is 1. The maximum atomic E-state index is 13.8. The van der Waals surface area contributed by atoms with Crippen LogP contribution in [0.15, 0.2) is 66.7 Å². The van der Waals surface area contributed by atoms with E-state index >= 15 is 0 Å². The number of nitrogens with one attached hydrogen (secondary N) is 2. The van der Waals surface area contributed by atoms with Gasteiger partial charge in [-0.1, -0.05) is 48.9 Å². The van der Waals surface area contributed by atoms with Crippen LogP contribution in [0.4, 0.5) is 10.5 Å². The summed E-state index contributed by atoms with van der Waals surface area (Å²) in [5.74, 6) is -0.639. The molecule has 0 fully saturated rings. The molecular formula is C30H33N3O5S. The fraction of sp³-hybridized carbons (Fsp3) is 0.300. The number of thioether (sulfide) groups is 1. The quantitative estimate of drug-likeness (QED) is 0.248. The van der Waals surface area contributed by atoms with Gasteiger partial charge in [-0.25, -0.2) is 4.79 Å². The molecule has 0 aliphatic rings. The third kappa shape index (κ3) is 8.16. The number of alkyl carbamates (subject to hydrolysis) is 1. The second-order valence-corrected chi connectivity index (χ2v) is 10.8. The van der Waals surface area contributed by atoms with Gasteiger partial charge >= 0.3 is 6.09 Å². The molecule has 3 aromatic carbocycles. The minimum atomic E-state index is -1.24. The van der Waals surface area contributed by atoms with Crippen LogP contribution in [0.2, 0.25) is 0 Å². The van der Waals surface area contributed by atoms with Crippen molar-refractivity contribution in [2.75, 3.05) is 17.3 Å². The van der Waals surface area contributed by atoms with Crippen LogP contribution in [0, 0.1) is 12.5 Å². The van der Waals surface area contributed by atoms with Gasteiger partial charge in [-0.15, -0.1) is 0 Å². The highest BCUT2D eigenvalue weighted by Gasteiger charge is 2.36. The third-order valence-electron chi connectivity index (χ3n) is 5.71. The van der Waals surface area contributed by atoms with Gasteiger partial charge in [-0.2, -0.15) is 11.8 Å². The molecule has 3 N–H and O–H groups in total. The van der Waals surface area contributed by atoms with Gasteiger partial charge in [0.1, 0.15) is 23.4 Å². The summed E-state index contributed by atoms with van der Waals surface area (Å²) in [4.78, 5) is 41.0. The number of hydrogen-bond acceptors (Lipinski definition) is 6. The lowest BCUT2D eigenvalue weighted by molar-refractivity contribution is -0.136. The topological polar surface area (TPSA) is 108 Å². The molecular weight excluding hydrogens is 514 g/mol. The van der Waals surface area contributed by atoms with E-state index in [9.17, 15) is 19.5 Å². The number of rotatable bonds is 9. The number of aromatic hydroxyl groups is 1. The number of fused-ring (bicyclic) bond motifs is 1. The highest BCUT2D eigenvalue weighted by atomic mass is 32.2. The normalized spacial score (nSPS) is 12.6. The minimum absolute atomic E-state index is 0.00420. The number of hydrogen-bond donors (Lipinski definition) is 3. The van der Waals surface area contributed by atoms with Gasteiger partial charge in [0.25, 0.3) is 11.8 Å². The van der Waals surface area contributed by atoms with E-state index in [-0.39, 0.29) is 12.2 Å². The van der Waals surface area contributed by atoms with Gasteiger partial charge in [-0.05, 0) is 79.8 Å². The molecule has 0 heterocycles. The smallest absolute Gasteiger partial charge is 0.408 e. The fourth-order valence-corrected chi connectivity index (χ4v) is 4.40. The molecule has 39 heavy (non-hydrogen) atoms. The first-order valence-corrected chi connectivity index (χ1v) is 13.8. The maximum absolute atomic E-state index is 13.8. The lowest BCUT2D eigenvalue weighted by Crippen LogP contribution is -2.51. The molecule has 3 amide bonds. The van der Waals surface area contributed by atoms with E-state index in [1.807, 2.05) is 42.7 Å². The molecule has 0 bridgehead atoms. The maximum Gasteiger partial charge on any atom is 0.408 e. The molecule has 0 aliphatic heterocycles. The molecule has 3 rings (SSSR count). The van der Waals surface area contributed by atoms with E-state index in [1.165, 1.54) is 36.0 Å². The Labute approximate surface area is 233 Å². The molecule has 0 saturated carbocycles. The number of anilines is 1. The van der Waals surface area contributed by atoms with Crippen molar-refractivity contribution < 1.29 is 24.2 Å². The lowest BCUT2D eigenvalue weighted by Gasteiger charge is -2.30. The van der Waals surface area contributed by atoms with E-state index in [0.717, 1.165) is 15.7 Å². The van der Waals surface area contributed by atoms with Crippen LogP contribution in [0.1, 0.15) is 38.8 Å². The predicted octanol–water partition coefficient (Wildman–Crippen LogP) is 5.29. The summed E-state index contributed by atoms with van der Waals surface area (Å²) < 4.78 is 5.35. The molecule has 8 nitrogen and oxygen atoms in total.